The molecule has 1 aromatic carbocycles. The van der Waals surface area contributed by atoms with Gasteiger partial charge in [0.15, 0.2) is 0 Å². The number of rotatable bonds is 6. The normalized spacial score (nSPS) is 11.3. The molecule has 0 heterocycles. The van der Waals surface area contributed by atoms with Gasteiger partial charge in [-0.05, 0) is 30.5 Å². The van der Waals surface area contributed by atoms with Crippen LogP contribution in [0.15, 0.2) is 24.3 Å². The molecule has 3 nitrogen and oxygen atoms in total. The fourth-order valence-electron chi connectivity index (χ4n) is 1.80. The molecule has 100 valence electrons. The molecule has 0 aliphatic rings. The topological polar surface area (TPSA) is 49.3 Å². The zero-order valence-corrected chi connectivity index (χ0v) is 11.6. The first kappa shape index (κ1) is 15.0. The molecule has 1 aromatic rings. The Morgan fingerprint density at radius 3 is 2.56 bits per heavy atom. The van der Waals surface area contributed by atoms with Gasteiger partial charge < -0.3 is 10.4 Å². The smallest absolute Gasteiger partial charge is 0.251 e. The van der Waals surface area contributed by atoms with E-state index in [0.29, 0.717) is 24.3 Å². The van der Waals surface area contributed by atoms with Crippen LogP contribution in [0.4, 0.5) is 0 Å². The maximum absolute atomic E-state index is 12.1. The Hall–Kier alpha value is -1.06. The molecule has 0 aliphatic heterocycles. The van der Waals surface area contributed by atoms with Gasteiger partial charge >= 0.3 is 0 Å². The molecule has 0 aliphatic carbocycles. The van der Waals surface area contributed by atoms with Gasteiger partial charge in [0.05, 0.1) is 12.1 Å². The van der Waals surface area contributed by atoms with Crippen LogP contribution >= 0.6 is 11.6 Å². The summed E-state index contributed by atoms with van der Waals surface area (Å²) in [5, 5.41) is 12.4. The molecule has 0 saturated heterocycles. The molecule has 0 aromatic heterocycles. The van der Waals surface area contributed by atoms with Gasteiger partial charge in [0.25, 0.3) is 5.91 Å². The van der Waals surface area contributed by atoms with Crippen LogP contribution in [0.5, 0.6) is 0 Å². The van der Waals surface area contributed by atoms with E-state index in [2.05, 4.69) is 5.32 Å². The number of hydrogen-bond acceptors (Lipinski definition) is 2. The molecule has 0 spiro atoms. The molecule has 1 rings (SSSR count). The highest BCUT2D eigenvalue weighted by Crippen LogP contribution is 2.16. The average Bonchev–Trinajstić information content (AvgIpc) is 2.44. The van der Waals surface area contributed by atoms with Gasteiger partial charge in [0, 0.05) is 11.4 Å². The number of carbonyl (C=O) groups excluding carboxylic acids is 1. The fraction of sp³-hybridized carbons (Fsp3) is 0.500. The molecule has 0 bridgehead atoms. The number of benzene rings is 1. The third-order valence-corrected chi connectivity index (χ3v) is 3.69. The van der Waals surface area contributed by atoms with Gasteiger partial charge in [-0.25, -0.2) is 0 Å². The van der Waals surface area contributed by atoms with E-state index >= 15 is 0 Å². The van der Waals surface area contributed by atoms with E-state index in [1.54, 1.807) is 12.1 Å². The largest absolute Gasteiger partial charge is 0.394 e. The van der Waals surface area contributed by atoms with Crippen molar-refractivity contribution in [2.24, 2.45) is 0 Å². The first-order valence-electron chi connectivity index (χ1n) is 6.19. The summed E-state index contributed by atoms with van der Waals surface area (Å²) in [4.78, 5) is 12.1. The predicted octanol–water partition coefficient (Wildman–Crippen LogP) is 2.71. The van der Waals surface area contributed by atoms with Crippen LogP contribution in [0.3, 0.4) is 0 Å². The predicted molar refractivity (Wildman–Crippen MR) is 73.9 cm³/mol. The molecular weight excluding hydrogens is 250 g/mol. The molecular formula is C14H20ClNO2. The molecule has 0 radical (unpaired) electrons. The summed E-state index contributed by atoms with van der Waals surface area (Å²) in [7, 11) is 0. The molecule has 0 fully saturated rings. The summed E-state index contributed by atoms with van der Waals surface area (Å²) >= 11 is 5.75. The second-order valence-electron chi connectivity index (χ2n) is 4.43. The number of alkyl halides is 1. The lowest BCUT2D eigenvalue weighted by molar-refractivity contribution is 0.0818. The Labute approximate surface area is 113 Å². The van der Waals surface area contributed by atoms with Crippen molar-refractivity contribution in [1.29, 1.82) is 0 Å². The summed E-state index contributed by atoms with van der Waals surface area (Å²) in [5.41, 5.74) is 0.952. The van der Waals surface area contributed by atoms with Crippen LogP contribution < -0.4 is 5.32 Å². The Kier molecular flexibility index (Phi) is 5.63. The van der Waals surface area contributed by atoms with E-state index in [1.807, 2.05) is 26.0 Å². The number of aliphatic hydroxyl groups is 1. The Morgan fingerprint density at radius 2 is 2.06 bits per heavy atom. The highest BCUT2D eigenvalue weighted by atomic mass is 35.5. The van der Waals surface area contributed by atoms with Gasteiger partial charge in [0.1, 0.15) is 0 Å². The van der Waals surface area contributed by atoms with Crippen molar-refractivity contribution in [2.45, 2.75) is 38.1 Å². The van der Waals surface area contributed by atoms with E-state index in [0.717, 1.165) is 5.56 Å². The number of hydrogen-bond donors (Lipinski definition) is 2. The van der Waals surface area contributed by atoms with Crippen molar-refractivity contribution in [2.75, 3.05) is 6.61 Å². The van der Waals surface area contributed by atoms with Crippen LogP contribution in [0, 0.1) is 0 Å². The minimum atomic E-state index is -0.534. The average molecular weight is 270 g/mol. The Balaban J connectivity index is 2.86. The van der Waals surface area contributed by atoms with Crippen LogP contribution in [0.1, 0.15) is 42.6 Å². The molecule has 0 unspecified atom stereocenters. The first-order chi connectivity index (χ1) is 8.60. The third-order valence-electron chi connectivity index (χ3n) is 3.38. The summed E-state index contributed by atoms with van der Waals surface area (Å²) in [5.74, 6) is 0.216. The van der Waals surface area contributed by atoms with Gasteiger partial charge in [-0.1, -0.05) is 26.0 Å². The summed E-state index contributed by atoms with van der Waals surface area (Å²) in [6.07, 6.45) is 1.39. The van der Waals surface area contributed by atoms with Crippen molar-refractivity contribution in [3.8, 4) is 0 Å². The van der Waals surface area contributed by atoms with Crippen LogP contribution in [0.2, 0.25) is 0 Å². The van der Waals surface area contributed by atoms with E-state index < -0.39 is 5.54 Å². The highest BCUT2D eigenvalue weighted by Gasteiger charge is 2.27. The lowest BCUT2D eigenvalue weighted by Gasteiger charge is -2.30. The Bertz CT molecular complexity index is 394. The monoisotopic (exact) mass is 269 g/mol. The zero-order chi connectivity index (χ0) is 13.6. The van der Waals surface area contributed by atoms with Crippen molar-refractivity contribution in [1.82, 2.24) is 5.32 Å². The van der Waals surface area contributed by atoms with Gasteiger partial charge in [-0.15, -0.1) is 11.6 Å². The minimum absolute atomic E-state index is 0.0546. The third kappa shape index (κ3) is 3.47. The van der Waals surface area contributed by atoms with Crippen molar-refractivity contribution >= 4 is 17.5 Å². The first-order valence-corrected chi connectivity index (χ1v) is 6.72. The van der Waals surface area contributed by atoms with Gasteiger partial charge in [-0.3, -0.25) is 4.79 Å². The minimum Gasteiger partial charge on any atom is -0.394 e. The molecule has 4 heteroatoms. The molecule has 1 amide bonds. The van der Waals surface area contributed by atoms with Gasteiger partial charge in [-0.2, -0.15) is 0 Å². The maximum atomic E-state index is 12.1. The zero-order valence-electron chi connectivity index (χ0n) is 10.9. The number of carbonyl (C=O) groups is 1. The fourth-order valence-corrected chi connectivity index (χ4v) is 1.96. The van der Waals surface area contributed by atoms with Crippen LogP contribution in [-0.2, 0) is 5.88 Å². The SMILES string of the molecule is CCC(CC)(CO)NC(=O)c1cccc(CCl)c1. The second kappa shape index (κ2) is 6.76. The summed E-state index contributed by atoms with van der Waals surface area (Å²) in [6.45, 7) is 3.85. The summed E-state index contributed by atoms with van der Waals surface area (Å²) < 4.78 is 0. The van der Waals surface area contributed by atoms with E-state index in [4.69, 9.17) is 11.6 Å². The quantitative estimate of drug-likeness (QED) is 0.780. The van der Waals surface area contributed by atoms with Gasteiger partial charge in [0.2, 0.25) is 0 Å². The van der Waals surface area contributed by atoms with E-state index in [9.17, 15) is 9.90 Å². The maximum Gasteiger partial charge on any atom is 0.251 e. The number of halogens is 1. The Morgan fingerprint density at radius 1 is 1.39 bits per heavy atom. The lowest BCUT2D eigenvalue weighted by atomic mass is 9.93. The molecule has 0 saturated carbocycles. The number of amides is 1. The molecule has 0 atom stereocenters. The van der Waals surface area contributed by atoms with Crippen molar-refractivity contribution < 1.29 is 9.90 Å². The van der Waals surface area contributed by atoms with Crippen LogP contribution in [-0.4, -0.2) is 23.2 Å². The van der Waals surface area contributed by atoms with E-state index in [1.165, 1.54) is 0 Å². The molecule has 18 heavy (non-hydrogen) atoms. The standard InChI is InChI=1S/C14H20ClNO2/c1-3-14(4-2,10-17)16-13(18)12-7-5-6-11(8-12)9-15/h5-8,17H,3-4,9-10H2,1-2H3,(H,16,18). The number of nitrogens with one attached hydrogen (secondary N) is 1. The second-order valence-corrected chi connectivity index (χ2v) is 4.70. The summed E-state index contributed by atoms with van der Waals surface area (Å²) in [6, 6.07) is 7.21. The van der Waals surface area contributed by atoms with E-state index in [-0.39, 0.29) is 12.5 Å². The van der Waals surface area contributed by atoms with Crippen molar-refractivity contribution in [3.63, 3.8) is 0 Å². The van der Waals surface area contributed by atoms with Crippen molar-refractivity contribution in [3.05, 3.63) is 35.4 Å². The highest BCUT2D eigenvalue weighted by molar-refractivity contribution is 6.17. The lowest BCUT2D eigenvalue weighted by Crippen LogP contribution is -2.50. The van der Waals surface area contributed by atoms with Crippen LogP contribution in [0.25, 0.3) is 0 Å². The number of aliphatic hydroxyl groups excluding tert-OH is 1. The molecule has 2 N–H and O–H groups in total.